The first-order valence-electron chi connectivity index (χ1n) is 7.33. The lowest BCUT2D eigenvalue weighted by Gasteiger charge is -2.26. The number of aromatic amines is 1. The summed E-state index contributed by atoms with van der Waals surface area (Å²) in [6, 6.07) is 2.19. The molecule has 0 saturated carbocycles. The van der Waals surface area contributed by atoms with Gasteiger partial charge in [0, 0.05) is 29.9 Å². The molecule has 0 bridgehead atoms. The molecule has 0 radical (unpaired) electrons. The summed E-state index contributed by atoms with van der Waals surface area (Å²) in [5.41, 5.74) is 9.58. The van der Waals surface area contributed by atoms with Gasteiger partial charge in [-0.3, -0.25) is 0 Å². The van der Waals surface area contributed by atoms with Gasteiger partial charge in [-0.1, -0.05) is 0 Å². The number of hydrogen-bond acceptors (Lipinski definition) is 6. The number of thiazole rings is 1. The quantitative estimate of drug-likeness (QED) is 0.689. The molecule has 3 aromatic rings. The summed E-state index contributed by atoms with van der Waals surface area (Å²) in [5.74, 6) is 0. The first-order chi connectivity index (χ1) is 10.8. The molecule has 4 N–H and O–H groups in total. The Hall–Kier alpha value is -2.12. The summed E-state index contributed by atoms with van der Waals surface area (Å²) in [6.07, 6.45) is 5.85. The van der Waals surface area contributed by atoms with Crippen molar-refractivity contribution in [2.45, 2.75) is 18.9 Å². The third-order valence-electron chi connectivity index (χ3n) is 4.25. The highest BCUT2D eigenvalue weighted by molar-refractivity contribution is 7.13. The van der Waals surface area contributed by atoms with Crippen LogP contribution < -0.4 is 10.6 Å². The third kappa shape index (κ3) is 2.05. The second-order valence-corrected chi connectivity index (χ2v) is 6.39. The van der Waals surface area contributed by atoms with E-state index in [1.54, 1.807) is 6.20 Å². The van der Waals surface area contributed by atoms with Gasteiger partial charge in [0.25, 0.3) is 0 Å². The lowest BCUT2D eigenvalue weighted by atomic mass is 10.1. The van der Waals surface area contributed by atoms with E-state index in [4.69, 9.17) is 5.73 Å². The summed E-state index contributed by atoms with van der Waals surface area (Å²) in [4.78, 5) is 14.3. The largest absolute Gasteiger partial charge is 0.394 e. The summed E-state index contributed by atoms with van der Waals surface area (Å²) >= 11 is 1.43. The number of pyridine rings is 1. The highest BCUT2D eigenvalue weighted by atomic mass is 32.1. The molecule has 4 rings (SSSR count). The number of fused-ring (bicyclic) bond motifs is 1. The Morgan fingerprint density at radius 1 is 1.50 bits per heavy atom. The van der Waals surface area contributed by atoms with Crippen LogP contribution in [-0.4, -0.2) is 39.3 Å². The van der Waals surface area contributed by atoms with Crippen LogP contribution in [0.2, 0.25) is 0 Å². The zero-order valence-electron chi connectivity index (χ0n) is 12.0. The van der Waals surface area contributed by atoms with Crippen LogP contribution in [0.25, 0.3) is 22.3 Å². The van der Waals surface area contributed by atoms with E-state index >= 15 is 0 Å². The number of anilines is 2. The predicted octanol–water partition coefficient (Wildman–Crippen LogP) is 2.23. The fourth-order valence-electron chi connectivity index (χ4n) is 3.23. The highest BCUT2D eigenvalue weighted by Gasteiger charge is 2.27. The molecule has 3 aromatic heterocycles. The number of nitrogens with one attached hydrogen (secondary N) is 1. The van der Waals surface area contributed by atoms with E-state index in [2.05, 4.69) is 19.9 Å². The minimum atomic E-state index is 0.174. The van der Waals surface area contributed by atoms with Crippen LogP contribution in [0.4, 0.5) is 10.8 Å². The van der Waals surface area contributed by atoms with E-state index in [9.17, 15) is 5.11 Å². The summed E-state index contributed by atoms with van der Waals surface area (Å²) < 4.78 is 0. The molecule has 1 fully saturated rings. The van der Waals surface area contributed by atoms with Gasteiger partial charge in [-0.15, -0.1) is 11.3 Å². The normalized spacial score (nSPS) is 18.4. The molecular formula is C15H17N5OS. The van der Waals surface area contributed by atoms with Crippen molar-refractivity contribution in [1.29, 1.82) is 0 Å². The number of nitrogens with zero attached hydrogens (tertiary/aromatic N) is 3. The van der Waals surface area contributed by atoms with Crippen LogP contribution in [0.3, 0.4) is 0 Å². The van der Waals surface area contributed by atoms with Crippen molar-refractivity contribution >= 4 is 33.2 Å². The van der Waals surface area contributed by atoms with E-state index in [0.717, 1.165) is 47.4 Å². The first-order valence-corrected chi connectivity index (χ1v) is 8.21. The Kier molecular flexibility index (Phi) is 3.24. The molecule has 0 aromatic carbocycles. The molecule has 114 valence electrons. The van der Waals surface area contributed by atoms with Crippen molar-refractivity contribution in [2.24, 2.45) is 0 Å². The first kappa shape index (κ1) is 13.5. The standard InChI is InChI=1S/C15H17N5OS/c16-15-19-11(8-22-15)10-6-18-14-13(10)12(3-4-17-14)20-5-1-2-9(20)7-21/h3-4,6,8-9,21H,1-2,5,7H2,(H2,16,19)(H,17,18). The zero-order chi connectivity index (χ0) is 15.1. The van der Waals surface area contributed by atoms with Gasteiger partial charge in [0.15, 0.2) is 5.13 Å². The van der Waals surface area contributed by atoms with E-state index in [1.165, 1.54) is 11.3 Å². The van der Waals surface area contributed by atoms with Crippen LogP contribution in [-0.2, 0) is 0 Å². The molecular weight excluding hydrogens is 298 g/mol. The number of rotatable bonds is 3. The molecule has 6 nitrogen and oxygen atoms in total. The van der Waals surface area contributed by atoms with Gasteiger partial charge < -0.3 is 20.7 Å². The molecule has 7 heteroatoms. The van der Waals surface area contributed by atoms with Crippen LogP contribution in [0, 0.1) is 0 Å². The van der Waals surface area contributed by atoms with E-state index in [-0.39, 0.29) is 12.6 Å². The maximum Gasteiger partial charge on any atom is 0.180 e. The van der Waals surface area contributed by atoms with Gasteiger partial charge in [0.2, 0.25) is 0 Å². The second kappa shape index (κ2) is 5.26. The number of hydrogen-bond donors (Lipinski definition) is 3. The molecule has 0 amide bonds. The maximum atomic E-state index is 9.62. The van der Waals surface area contributed by atoms with E-state index in [0.29, 0.717) is 5.13 Å². The van der Waals surface area contributed by atoms with E-state index in [1.807, 2.05) is 17.6 Å². The van der Waals surface area contributed by atoms with Crippen molar-refractivity contribution < 1.29 is 5.11 Å². The van der Waals surface area contributed by atoms with Crippen molar-refractivity contribution in [1.82, 2.24) is 15.0 Å². The van der Waals surface area contributed by atoms with Crippen LogP contribution in [0.15, 0.2) is 23.8 Å². The van der Waals surface area contributed by atoms with Crippen molar-refractivity contribution in [3.8, 4) is 11.3 Å². The van der Waals surface area contributed by atoms with Crippen molar-refractivity contribution in [3.05, 3.63) is 23.8 Å². The summed E-state index contributed by atoms with van der Waals surface area (Å²) in [5, 5.41) is 13.2. The zero-order valence-corrected chi connectivity index (χ0v) is 12.8. The Morgan fingerprint density at radius 2 is 2.41 bits per heavy atom. The highest BCUT2D eigenvalue weighted by Crippen LogP contribution is 2.38. The Morgan fingerprint density at radius 3 is 3.18 bits per heavy atom. The SMILES string of the molecule is Nc1nc(-c2c[nH]c3nccc(N4CCCC4CO)c23)cs1. The second-order valence-electron chi connectivity index (χ2n) is 5.50. The average Bonchev–Trinajstić information content (AvgIpc) is 3.24. The molecule has 1 atom stereocenters. The topological polar surface area (TPSA) is 91.1 Å². The van der Waals surface area contributed by atoms with Crippen molar-refractivity contribution in [2.75, 3.05) is 23.8 Å². The average molecular weight is 315 g/mol. The number of H-pyrrole nitrogens is 1. The predicted molar refractivity (Wildman–Crippen MR) is 89.1 cm³/mol. The molecule has 0 spiro atoms. The molecule has 1 aliphatic rings. The number of nitrogen functional groups attached to an aromatic ring is 1. The minimum Gasteiger partial charge on any atom is -0.394 e. The van der Waals surface area contributed by atoms with Gasteiger partial charge in [0.05, 0.1) is 29.4 Å². The number of aliphatic hydroxyl groups excluding tert-OH is 1. The lowest BCUT2D eigenvalue weighted by molar-refractivity contribution is 0.266. The molecule has 1 saturated heterocycles. The van der Waals surface area contributed by atoms with Gasteiger partial charge in [-0.25, -0.2) is 9.97 Å². The van der Waals surface area contributed by atoms with Crippen LogP contribution in [0.5, 0.6) is 0 Å². The van der Waals surface area contributed by atoms with Gasteiger partial charge >= 0.3 is 0 Å². The fourth-order valence-corrected chi connectivity index (χ4v) is 3.80. The minimum absolute atomic E-state index is 0.174. The molecule has 22 heavy (non-hydrogen) atoms. The fraction of sp³-hybridized carbons (Fsp3) is 0.333. The molecule has 1 unspecified atom stereocenters. The van der Waals surface area contributed by atoms with Gasteiger partial charge in [-0.2, -0.15) is 0 Å². The summed E-state index contributed by atoms with van der Waals surface area (Å²) in [7, 11) is 0. The number of aliphatic hydroxyl groups is 1. The number of aromatic nitrogens is 3. The van der Waals surface area contributed by atoms with E-state index < -0.39 is 0 Å². The Balaban J connectivity index is 1.90. The number of nitrogens with two attached hydrogens (primary N) is 1. The maximum absolute atomic E-state index is 9.62. The van der Waals surface area contributed by atoms with Gasteiger partial charge in [-0.05, 0) is 18.9 Å². The van der Waals surface area contributed by atoms with Crippen molar-refractivity contribution in [3.63, 3.8) is 0 Å². The summed E-state index contributed by atoms with van der Waals surface area (Å²) in [6.45, 7) is 1.13. The monoisotopic (exact) mass is 315 g/mol. The third-order valence-corrected chi connectivity index (χ3v) is 4.92. The molecule has 1 aliphatic heterocycles. The van der Waals surface area contributed by atoms with Gasteiger partial charge in [0.1, 0.15) is 5.65 Å². The molecule has 0 aliphatic carbocycles. The molecule has 4 heterocycles. The van der Waals surface area contributed by atoms with Crippen LogP contribution >= 0.6 is 11.3 Å². The van der Waals surface area contributed by atoms with Crippen LogP contribution in [0.1, 0.15) is 12.8 Å². The Bertz CT molecular complexity index is 811. The lowest BCUT2D eigenvalue weighted by Crippen LogP contribution is -2.32. The Labute approximate surface area is 131 Å². The smallest absolute Gasteiger partial charge is 0.180 e.